The molecule has 3 aromatic rings. The van der Waals surface area contributed by atoms with Gasteiger partial charge in [-0.2, -0.15) is 5.10 Å². The summed E-state index contributed by atoms with van der Waals surface area (Å²) in [4.78, 5) is 15.5. The SMILES string of the molecule is COc1ccc(-n2nc(-c3cccs3)cc2C(=O)NCC[NH+]2CCCC2)cc1. The van der Waals surface area contributed by atoms with Gasteiger partial charge in [-0.15, -0.1) is 11.3 Å². The van der Waals surface area contributed by atoms with Crippen molar-refractivity contribution >= 4 is 17.2 Å². The number of aromatic nitrogens is 2. The van der Waals surface area contributed by atoms with E-state index >= 15 is 0 Å². The van der Waals surface area contributed by atoms with Crippen molar-refractivity contribution in [3.63, 3.8) is 0 Å². The molecule has 0 radical (unpaired) electrons. The molecule has 4 rings (SSSR count). The normalized spacial score (nSPS) is 14.3. The van der Waals surface area contributed by atoms with Crippen molar-refractivity contribution in [3.05, 3.63) is 53.5 Å². The first-order chi connectivity index (χ1) is 13.7. The average Bonchev–Trinajstić information content (AvgIpc) is 3.48. The summed E-state index contributed by atoms with van der Waals surface area (Å²) in [7, 11) is 1.64. The first kappa shape index (κ1) is 18.7. The zero-order chi connectivity index (χ0) is 19.3. The summed E-state index contributed by atoms with van der Waals surface area (Å²) in [6.07, 6.45) is 2.58. The number of methoxy groups -OCH3 is 1. The van der Waals surface area contributed by atoms with Gasteiger partial charge in [0.15, 0.2) is 0 Å². The molecule has 0 saturated carbocycles. The molecule has 1 saturated heterocycles. The standard InChI is InChI=1S/C21H24N4O2S/c1-27-17-8-6-16(7-9-17)25-19(15-18(23-25)20-5-4-14-28-20)21(26)22-10-13-24-11-2-3-12-24/h4-9,14-15H,2-3,10-13H2,1H3,(H,22,26)/p+1. The Bertz CT molecular complexity index is 913. The lowest BCUT2D eigenvalue weighted by atomic mass is 10.2. The summed E-state index contributed by atoms with van der Waals surface area (Å²) in [5.41, 5.74) is 2.19. The van der Waals surface area contributed by atoms with Gasteiger partial charge in [0.1, 0.15) is 17.1 Å². The molecular weight excluding hydrogens is 372 g/mol. The highest BCUT2D eigenvalue weighted by atomic mass is 32.1. The molecule has 0 bridgehead atoms. The zero-order valence-electron chi connectivity index (χ0n) is 16.0. The number of likely N-dealkylation sites (tertiary alicyclic amines) is 1. The first-order valence-corrected chi connectivity index (χ1v) is 10.5. The van der Waals surface area contributed by atoms with E-state index in [1.807, 2.05) is 47.8 Å². The number of nitrogens with one attached hydrogen (secondary N) is 2. The largest absolute Gasteiger partial charge is 0.497 e. The highest BCUT2D eigenvalue weighted by molar-refractivity contribution is 7.13. The lowest BCUT2D eigenvalue weighted by molar-refractivity contribution is -0.886. The number of hydrogen-bond donors (Lipinski definition) is 2. The van der Waals surface area contributed by atoms with Gasteiger partial charge in [-0.25, -0.2) is 4.68 Å². The van der Waals surface area contributed by atoms with Crippen molar-refractivity contribution in [2.24, 2.45) is 0 Å². The smallest absolute Gasteiger partial charge is 0.270 e. The Morgan fingerprint density at radius 3 is 2.71 bits per heavy atom. The van der Waals surface area contributed by atoms with Crippen molar-refractivity contribution in [3.8, 4) is 22.0 Å². The van der Waals surface area contributed by atoms with Gasteiger partial charge in [0, 0.05) is 12.8 Å². The molecule has 28 heavy (non-hydrogen) atoms. The van der Waals surface area contributed by atoms with Gasteiger partial charge in [-0.3, -0.25) is 4.79 Å². The van der Waals surface area contributed by atoms with E-state index in [0.29, 0.717) is 12.2 Å². The molecular formula is C21H25N4O2S+. The second kappa shape index (κ2) is 8.58. The predicted molar refractivity (Wildman–Crippen MR) is 111 cm³/mol. The third-order valence-electron chi connectivity index (χ3n) is 5.11. The second-order valence-electron chi connectivity index (χ2n) is 6.96. The zero-order valence-corrected chi connectivity index (χ0v) is 16.8. The average molecular weight is 398 g/mol. The van der Waals surface area contributed by atoms with E-state index in [9.17, 15) is 4.79 Å². The molecule has 2 N–H and O–H groups in total. The van der Waals surface area contributed by atoms with E-state index in [2.05, 4.69) is 5.32 Å². The number of quaternary nitrogens is 1. The third kappa shape index (κ3) is 4.10. The molecule has 3 heterocycles. The number of carbonyl (C=O) groups excluding carboxylic acids is 1. The molecule has 1 aromatic carbocycles. The molecule has 2 aromatic heterocycles. The van der Waals surface area contributed by atoms with Crippen LogP contribution in [0.4, 0.5) is 0 Å². The van der Waals surface area contributed by atoms with Crippen LogP contribution in [-0.2, 0) is 0 Å². The molecule has 1 aliphatic heterocycles. The quantitative estimate of drug-likeness (QED) is 0.641. The van der Waals surface area contributed by atoms with Crippen LogP contribution in [0.25, 0.3) is 16.3 Å². The first-order valence-electron chi connectivity index (χ1n) is 9.65. The maximum Gasteiger partial charge on any atom is 0.270 e. The minimum atomic E-state index is -0.0929. The Hall–Kier alpha value is -2.64. The summed E-state index contributed by atoms with van der Waals surface area (Å²) in [6, 6.07) is 13.5. The molecule has 0 unspecified atom stereocenters. The Balaban J connectivity index is 1.57. The minimum Gasteiger partial charge on any atom is -0.497 e. The summed E-state index contributed by atoms with van der Waals surface area (Å²) in [6.45, 7) is 4.07. The van der Waals surface area contributed by atoms with Gasteiger partial charge >= 0.3 is 0 Å². The maximum atomic E-state index is 12.9. The molecule has 6 nitrogen and oxygen atoms in total. The fourth-order valence-electron chi connectivity index (χ4n) is 3.58. The number of ether oxygens (including phenoxy) is 1. The van der Waals surface area contributed by atoms with Crippen LogP contribution >= 0.6 is 11.3 Å². The predicted octanol–water partition coefficient (Wildman–Crippen LogP) is 2.02. The van der Waals surface area contributed by atoms with E-state index in [0.717, 1.165) is 28.6 Å². The summed E-state index contributed by atoms with van der Waals surface area (Å²) < 4.78 is 6.95. The monoisotopic (exact) mass is 397 g/mol. The van der Waals surface area contributed by atoms with Crippen molar-refractivity contribution < 1.29 is 14.4 Å². The van der Waals surface area contributed by atoms with Crippen LogP contribution in [0.2, 0.25) is 0 Å². The van der Waals surface area contributed by atoms with Gasteiger partial charge in [-0.1, -0.05) is 6.07 Å². The number of thiophene rings is 1. The lowest BCUT2D eigenvalue weighted by Gasteiger charge is -2.13. The number of amides is 1. The second-order valence-corrected chi connectivity index (χ2v) is 7.91. The van der Waals surface area contributed by atoms with Gasteiger partial charge in [0.25, 0.3) is 5.91 Å². The Morgan fingerprint density at radius 2 is 2.04 bits per heavy atom. The van der Waals surface area contributed by atoms with Gasteiger partial charge in [-0.05, 0) is 41.8 Å². The fraction of sp³-hybridized carbons (Fsp3) is 0.333. The van der Waals surface area contributed by atoms with Crippen LogP contribution in [-0.4, -0.2) is 49.0 Å². The molecule has 0 atom stereocenters. The van der Waals surface area contributed by atoms with Crippen LogP contribution in [0.5, 0.6) is 5.75 Å². The van der Waals surface area contributed by atoms with E-state index in [1.54, 1.807) is 28.0 Å². The molecule has 1 aliphatic rings. The van der Waals surface area contributed by atoms with Crippen LogP contribution in [0, 0.1) is 0 Å². The Morgan fingerprint density at radius 1 is 1.25 bits per heavy atom. The van der Waals surface area contributed by atoms with E-state index < -0.39 is 0 Å². The Labute approximate surface area is 168 Å². The number of rotatable bonds is 7. The Kier molecular flexibility index (Phi) is 5.73. The molecule has 0 aliphatic carbocycles. The van der Waals surface area contributed by atoms with Crippen molar-refractivity contribution in [1.29, 1.82) is 0 Å². The third-order valence-corrected chi connectivity index (χ3v) is 6.00. The van der Waals surface area contributed by atoms with Gasteiger partial charge in [0.2, 0.25) is 0 Å². The van der Waals surface area contributed by atoms with E-state index in [4.69, 9.17) is 9.84 Å². The van der Waals surface area contributed by atoms with Crippen LogP contribution in [0.15, 0.2) is 47.8 Å². The summed E-state index contributed by atoms with van der Waals surface area (Å²) >= 11 is 1.61. The molecule has 1 fully saturated rings. The molecule has 1 amide bonds. The number of carbonyl (C=O) groups is 1. The lowest BCUT2D eigenvalue weighted by Crippen LogP contribution is -3.10. The molecule has 146 valence electrons. The van der Waals surface area contributed by atoms with E-state index in [1.165, 1.54) is 25.9 Å². The molecule has 7 heteroatoms. The topological polar surface area (TPSA) is 60.6 Å². The van der Waals surface area contributed by atoms with E-state index in [-0.39, 0.29) is 5.91 Å². The minimum absolute atomic E-state index is 0.0929. The maximum absolute atomic E-state index is 12.9. The summed E-state index contributed by atoms with van der Waals surface area (Å²) in [5, 5.41) is 9.79. The van der Waals surface area contributed by atoms with Crippen molar-refractivity contribution in [2.75, 3.05) is 33.3 Å². The fourth-order valence-corrected chi connectivity index (χ4v) is 4.26. The van der Waals surface area contributed by atoms with Gasteiger partial charge < -0.3 is 15.0 Å². The molecule has 0 spiro atoms. The van der Waals surface area contributed by atoms with Gasteiger partial charge in [0.05, 0.1) is 43.9 Å². The number of nitrogens with zero attached hydrogens (tertiary/aromatic N) is 2. The van der Waals surface area contributed by atoms with Crippen molar-refractivity contribution in [1.82, 2.24) is 15.1 Å². The van der Waals surface area contributed by atoms with Crippen LogP contribution < -0.4 is 15.0 Å². The van der Waals surface area contributed by atoms with Crippen molar-refractivity contribution in [2.45, 2.75) is 12.8 Å². The number of benzene rings is 1. The van der Waals surface area contributed by atoms with Crippen LogP contribution in [0.3, 0.4) is 0 Å². The highest BCUT2D eigenvalue weighted by Gasteiger charge is 2.19. The number of hydrogen-bond acceptors (Lipinski definition) is 4. The summed E-state index contributed by atoms with van der Waals surface area (Å²) in [5.74, 6) is 0.679. The highest BCUT2D eigenvalue weighted by Crippen LogP contribution is 2.26. The van der Waals surface area contributed by atoms with Crippen LogP contribution in [0.1, 0.15) is 23.3 Å².